The van der Waals surface area contributed by atoms with Gasteiger partial charge in [0.05, 0.1) is 5.69 Å². The number of carbonyl (C=O) groups excluding carboxylic acids is 1. The van der Waals surface area contributed by atoms with Gasteiger partial charge in [0, 0.05) is 55.5 Å². The Morgan fingerprint density at radius 1 is 1.24 bits per heavy atom. The van der Waals surface area contributed by atoms with E-state index in [2.05, 4.69) is 30.7 Å². The van der Waals surface area contributed by atoms with E-state index in [1.165, 1.54) is 0 Å². The molecule has 1 aliphatic heterocycles. The van der Waals surface area contributed by atoms with Gasteiger partial charge in [-0.25, -0.2) is 9.97 Å². The zero-order valence-corrected chi connectivity index (χ0v) is 15.5. The lowest BCUT2D eigenvalue weighted by Crippen LogP contribution is -2.38. The Hall–Kier alpha value is -2.30. The molecule has 5 nitrogen and oxygen atoms in total. The molecule has 2 aromatic rings. The number of pyridine rings is 1. The maximum absolute atomic E-state index is 11.8. The van der Waals surface area contributed by atoms with Gasteiger partial charge in [-0.15, -0.1) is 0 Å². The van der Waals surface area contributed by atoms with Gasteiger partial charge in [-0.3, -0.25) is 9.78 Å². The maximum Gasteiger partial charge on any atom is 0.219 e. The Balaban J connectivity index is 2.06. The monoisotopic (exact) mass is 338 g/mol. The highest BCUT2D eigenvalue weighted by molar-refractivity contribution is 5.73. The third kappa shape index (κ3) is 3.86. The molecule has 0 aliphatic carbocycles. The van der Waals surface area contributed by atoms with Gasteiger partial charge >= 0.3 is 0 Å². The van der Waals surface area contributed by atoms with Crippen LogP contribution >= 0.6 is 0 Å². The van der Waals surface area contributed by atoms with Crippen molar-refractivity contribution in [2.75, 3.05) is 13.1 Å². The highest BCUT2D eigenvalue weighted by atomic mass is 16.2. The number of nitrogens with zero attached hydrogens (tertiary/aromatic N) is 4. The first-order chi connectivity index (χ1) is 11.9. The normalized spacial score (nSPS) is 18.2. The average Bonchev–Trinajstić information content (AvgIpc) is 2.61. The van der Waals surface area contributed by atoms with Crippen LogP contribution < -0.4 is 0 Å². The number of likely N-dealkylation sites (tertiary alicyclic amines) is 1. The summed E-state index contributed by atoms with van der Waals surface area (Å²) in [6.07, 6.45) is 7.57. The average molecular weight is 338 g/mol. The van der Waals surface area contributed by atoms with Crippen LogP contribution in [-0.2, 0) is 10.2 Å². The second-order valence-electron chi connectivity index (χ2n) is 7.78. The van der Waals surface area contributed by atoms with E-state index in [1.807, 2.05) is 23.2 Å². The summed E-state index contributed by atoms with van der Waals surface area (Å²) in [6.45, 7) is 9.59. The van der Waals surface area contributed by atoms with Gasteiger partial charge in [0.2, 0.25) is 5.91 Å². The minimum Gasteiger partial charge on any atom is -0.342 e. The number of piperidine rings is 1. The molecule has 25 heavy (non-hydrogen) atoms. The predicted molar refractivity (Wildman–Crippen MR) is 98.2 cm³/mol. The van der Waals surface area contributed by atoms with Gasteiger partial charge in [0.25, 0.3) is 0 Å². The summed E-state index contributed by atoms with van der Waals surface area (Å²) in [5, 5.41) is 0. The van der Waals surface area contributed by atoms with Crippen LogP contribution in [0.4, 0.5) is 0 Å². The third-order valence-corrected chi connectivity index (χ3v) is 4.73. The molecule has 0 saturated carbocycles. The molecule has 2 aromatic heterocycles. The van der Waals surface area contributed by atoms with Gasteiger partial charge in [-0.1, -0.05) is 20.8 Å². The predicted octanol–water partition coefficient (Wildman–Crippen LogP) is 3.56. The van der Waals surface area contributed by atoms with Gasteiger partial charge in [-0.05, 0) is 30.5 Å². The minimum absolute atomic E-state index is 0.111. The Morgan fingerprint density at radius 2 is 1.96 bits per heavy atom. The van der Waals surface area contributed by atoms with E-state index >= 15 is 0 Å². The van der Waals surface area contributed by atoms with Crippen LogP contribution in [0.25, 0.3) is 11.1 Å². The number of rotatable bonds is 2. The fraction of sp³-hybridized carbons (Fsp3) is 0.500. The minimum atomic E-state index is -0.111. The zero-order valence-electron chi connectivity index (χ0n) is 15.5. The lowest BCUT2D eigenvalue weighted by molar-refractivity contribution is -0.130. The Kier molecular flexibility index (Phi) is 4.84. The number of aromatic nitrogens is 3. The van der Waals surface area contributed by atoms with E-state index in [1.54, 1.807) is 19.3 Å². The summed E-state index contributed by atoms with van der Waals surface area (Å²) in [5.41, 5.74) is 3.06. The quantitative estimate of drug-likeness (QED) is 0.840. The molecule has 1 saturated heterocycles. The topological polar surface area (TPSA) is 59.0 Å². The molecule has 0 bridgehead atoms. The van der Waals surface area contributed by atoms with Crippen molar-refractivity contribution in [2.45, 2.75) is 51.9 Å². The summed E-state index contributed by atoms with van der Waals surface area (Å²) < 4.78 is 0. The van der Waals surface area contributed by atoms with Crippen molar-refractivity contribution in [3.05, 3.63) is 42.2 Å². The summed E-state index contributed by atoms with van der Waals surface area (Å²) in [4.78, 5) is 27.5. The first-order valence-corrected chi connectivity index (χ1v) is 8.89. The lowest BCUT2D eigenvalue weighted by Gasteiger charge is -2.33. The molecule has 0 radical (unpaired) electrons. The molecule has 3 rings (SSSR count). The van der Waals surface area contributed by atoms with Crippen molar-refractivity contribution in [3.63, 3.8) is 0 Å². The third-order valence-electron chi connectivity index (χ3n) is 4.73. The highest BCUT2D eigenvalue weighted by Crippen LogP contribution is 2.34. The number of carbonyl (C=O) groups is 1. The Bertz CT molecular complexity index is 752. The molecule has 0 N–H and O–H groups in total. The van der Waals surface area contributed by atoms with Crippen LogP contribution in [-0.4, -0.2) is 38.8 Å². The van der Waals surface area contributed by atoms with Gasteiger partial charge in [0.1, 0.15) is 5.82 Å². The van der Waals surface area contributed by atoms with Crippen molar-refractivity contribution in [3.8, 4) is 11.1 Å². The van der Waals surface area contributed by atoms with Crippen LogP contribution in [0.5, 0.6) is 0 Å². The summed E-state index contributed by atoms with van der Waals surface area (Å²) >= 11 is 0. The highest BCUT2D eigenvalue weighted by Gasteiger charge is 2.28. The largest absolute Gasteiger partial charge is 0.342 e. The van der Waals surface area contributed by atoms with E-state index in [9.17, 15) is 4.79 Å². The standard InChI is InChI=1S/C20H26N4O/c1-14(25)24-11-5-6-16(13-24)18-17(15-7-9-21-10-8-15)12-22-19(23-18)20(2,3)4/h7-10,12,16H,5-6,11,13H2,1-4H3. The van der Waals surface area contributed by atoms with Crippen LogP contribution in [0.3, 0.4) is 0 Å². The molecule has 1 fully saturated rings. The number of amides is 1. The van der Waals surface area contributed by atoms with Crippen molar-refractivity contribution < 1.29 is 4.79 Å². The lowest BCUT2D eigenvalue weighted by atomic mass is 9.88. The second-order valence-corrected chi connectivity index (χ2v) is 7.78. The van der Waals surface area contributed by atoms with E-state index in [4.69, 9.17) is 4.98 Å². The Labute approximate surface area is 149 Å². The van der Waals surface area contributed by atoms with E-state index < -0.39 is 0 Å². The number of hydrogen-bond donors (Lipinski definition) is 0. The molecule has 0 spiro atoms. The summed E-state index contributed by atoms with van der Waals surface area (Å²) in [5.74, 6) is 1.23. The molecule has 1 amide bonds. The molecule has 132 valence electrons. The van der Waals surface area contributed by atoms with Crippen molar-refractivity contribution >= 4 is 5.91 Å². The molecular weight excluding hydrogens is 312 g/mol. The zero-order chi connectivity index (χ0) is 18.0. The first kappa shape index (κ1) is 17.5. The van der Waals surface area contributed by atoms with Crippen LogP contribution in [0.2, 0.25) is 0 Å². The first-order valence-electron chi connectivity index (χ1n) is 8.89. The SMILES string of the molecule is CC(=O)N1CCCC(c2nc(C(C)(C)C)ncc2-c2ccncc2)C1. The van der Waals surface area contributed by atoms with E-state index in [0.29, 0.717) is 0 Å². The van der Waals surface area contributed by atoms with Crippen molar-refractivity contribution in [2.24, 2.45) is 0 Å². The van der Waals surface area contributed by atoms with Gasteiger partial charge in [-0.2, -0.15) is 0 Å². The molecule has 1 atom stereocenters. The molecular formula is C20H26N4O. The van der Waals surface area contributed by atoms with Gasteiger partial charge in [0.15, 0.2) is 0 Å². The Morgan fingerprint density at radius 3 is 2.60 bits per heavy atom. The maximum atomic E-state index is 11.8. The fourth-order valence-corrected chi connectivity index (χ4v) is 3.31. The van der Waals surface area contributed by atoms with Crippen molar-refractivity contribution in [1.82, 2.24) is 19.9 Å². The van der Waals surface area contributed by atoms with Crippen LogP contribution in [0.15, 0.2) is 30.7 Å². The molecule has 1 aliphatic rings. The summed E-state index contributed by atoms with van der Waals surface area (Å²) in [7, 11) is 0. The van der Waals surface area contributed by atoms with Crippen LogP contribution in [0, 0.1) is 0 Å². The van der Waals surface area contributed by atoms with E-state index in [-0.39, 0.29) is 17.2 Å². The van der Waals surface area contributed by atoms with E-state index in [0.717, 1.165) is 48.6 Å². The van der Waals surface area contributed by atoms with Gasteiger partial charge < -0.3 is 4.90 Å². The second kappa shape index (κ2) is 6.90. The molecule has 1 unspecified atom stereocenters. The number of hydrogen-bond acceptors (Lipinski definition) is 4. The smallest absolute Gasteiger partial charge is 0.219 e. The molecule has 5 heteroatoms. The van der Waals surface area contributed by atoms with Crippen LogP contribution in [0.1, 0.15) is 58.0 Å². The molecule has 3 heterocycles. The fourth-order valence-electron chi connectivity index (χ4n) is 3.31. The summed E-state index contributed by atoms with van der Waals surface area (Å²) in [6, 6.07) is 3.98. The van der Waals surface area contributed by atoms with Crippen molar-refractivity contribution in [1.29, 1.82) is 0 Å². The molecule has 0 aromatic carbocycles.